The van der Waals surface area contributed by atoms with Gasteiger partial charge in [0.25, 0.3) is 6.71 Å². The Hall–Kier alpha value is -9.34. The monoisotopic (exact) mass is 1110 g/mol. The van der Waals surface area contributed by atoms with E-state index in [2.05, 4.69) is 265 Å². The van der Waals surface area contributed by atoms with Crippen molar-refractivity contribution in [2.24, 2.45) is 0 Å². The fraction of sp³-hybridized carbons (Fsp3) is 0.211. The predicted molar refractivity (Wildman–Crippen MR) is 351 cm³/mol. The van der Waals surface area contributed by atoms with Crippen LogP contribution < -0.4 is 50.0 Å². The summed E-state index contributed by atoms with van der Waals surface area (Å²) >= 11 is 0. The van der Waals surface area contributed by atoms with Gasteiger partial charge in [-0.25, -0.2) is 0 Å². The highest BCUT2D eigenvalue weighted by Gasteiger charge is 2.46. The largest absolute Gasteiger partial charge is 0.486 e. The van der Waals surface area contributed by atoms with Crippen LogP contribution in [0.15, 0.2) is 205 Å². The third kappa shape index (κ3) is 9.14. The first-order valence-corrected chi connectivity index (χ1v) is 29.9. The van der Waals surface area contributed by atoms with Crippen molar-refractivity contribution in [3.63, 3.8) is 0 Å². The number of hydrogen-bond acceptors (Lipinski definition) is 8. The lowest BCUT2D eigenvalue weighted by atomic mass is 9.33. The molecule has 11 aromatic rings. The predicted octanol–water partition coefficient (Wildman–Crippen LogP) is 17.9. The van der Waals surface area contributed by atoms with Gasteiger partial charge in [-0.05, 0) is 174 Å². The third-order valence-corrected chi connectivity index (χ3v) is 17.6. The molecule has 0 bridgehead atoms. The number of nitrogens with zero attached hydrogens (tertiary/aromatic N) is 3. The second kappa shape index (κ2) is 19.6. The Morgan fingerprint density at radius 2 is 0.800 bits per heavy atom. The Morgan fingerprint density at radius 1 is 0.365 bits per heavy atom. The van der Waals surface area contributed by atoms with E-state index in [0.717, 1.165) is 129 Å². The van der Waals surface area contributed by atoms with Gasteiger partial charge in [0.15, 0.2) is 23.0 Å². The number of benzene rings is 10. The number of furan rings is 1. The molecule has 0 unspecified atom stereocenters. The highest BCUT2D eigenvalue weighted by atomic mass is 16.6. The molecule has 0 spiro atoms. The molecule has 10 aromatic carbocycles. The number of hydrogen-bond donors (Lipinski definition) is 0. The fourth-order valence-electron chi connectivity index (χ4n) is 13.0. The summed E-state index contributed by atoms with van der Waals surface area (Å²) in [7, 11) is 0. The average molecular weight is 1110 g/mol. The van der Waals surface area contributed by atoms with Gasteiger partial charge in [0, 0.05) is 74.3 Å². The average Bonchev–Trinajstić information content (AvgIpc) is 1.26. The molecule has 1 aromatic heterocycles. The topological polar surface area (TPSA) is 59.8 Å². The third-order valence-electron chi connectivity index (χ3n) is 17.6. The van der Waals surface area contributed by atoms with Crippen molar-refractivity contribution in [1.82, 2.24) is 0 Å². The molecule has 420 valence electrons. The van der Waals surface area contributed by atoms with Crippen LogP contribution in [0.25, 0.3) is 44.2 Å². The normalized spacial score (nSPS) is 14.3. The van der Waals surface area contributed by atoms with E-state index in [1.54, 1.807) is 0 Å². The van der Waals surface area contributed by atoms with Crippen LogP contribution in [-0.2, 0) is 16.2 Å². The fourth-order valence-corrected chi connectivity index (χ4v) is 13.0. The Balaban J connectivity index is 0.919. The van der Waals surface area contributed by atoms with Crippen LogP contribution in [0.4, 0.5) is 51.2 Å². The van der Waals surface area contributed by atoms with Crippen LogP contribution in [0.2, 0.25) is 0 Å². The van der Waals surface area contributed by atoms with Crippen molar-refractivity contribution >= 4 is 96.0 Å². The van der Waals surface area contributed by atoms with Gasteiger partial charge in [-0.15, -0.1) is 0 Å². The molecule has 0 fully saturated rings. The Kier molecular flexibility index (Phi) is 12.1. The van der Waals surface area contributed by atoms with Crippen LogP contribution in [0.5, 0.6) is 23.0 Å². The lowest BCUT2D eigenvalue weighted by Crippen LogP contribution is -2.61. The van der Waals surface area contributed by atoms with Crippen LogP contribution in [0.1, 0.15) is 79.0 Å². The summed E-state index contributed by atoms with van der Waals surface area (Å²) in [5.41, 5.74) is 20.9. The van der Waals surface area contributed by atoms with Gasteiger partial charge < -0.3 is 38.1 Å². The molecular formula is C76H68BN3O5. The molecule has 9 heteroatoms. The maximum absolute atomic E-state index is 6.44. The minimum Gasteiger partial charge on any atom is -0.486 e. The van der Waals surface area contributed by atoms with Crippen molar-refractivity contribution < 1.29 is 23.4 Å². The standard InChI is InChI=1S/C76H68BN3O5/c1-74(2,3)53-19-28-57(29-20-53)78(60-27-18-48-38-51(15-14-49(48)39-60)68-42-50-12-10-11-13-67(50)85-68)56-25-16-47(17-26-56)52-40-65-73-66(41-52)80(59-32-23-55(24-33-59)76(7,8)9)64-46-72-70(82-35-37-84-72)44-62(64)77(73)61-43-69-71(83-36-34-81-69)45-63(61)79(65)58-30-21-54(22-31-58)75(4,5)6/h10-33,38-46H,34-37H2,1-9H3. The molecule has 0 atom stereocenters. The van der Waals surface area contributed by atoms with E-state index < -0.39 is 0 Å². The first kappa shape index (κ1) is 52.5. The van der Waals surface area contributed by atoms with Gasteiger partial charge >= 0.3 is 0 Å². The van der Waals surface area contributed by atoms with Gasteiger partial charge in [-0.2, -0.15) is 0 Å². The molecule has 0 N–H and O–H groups in total. The quantitative estimate of drug-likeness (QED) is 0.146. The van der Waals surface area contributed by atoms with Crippen molar-refractivity contribution in [3.8, 4) is 45.4 Å². The van der Waals surface area contributed by atoms with Crippen LogP contribution >= 0.6 is 0 Å². The Bertz CT molecular complexity index is 4250. The van der Waals surface area contributed by atoms with Gasteiger partial charge in [-0.1, -0.05) is 147 Å². The van der Waals surface area contributed by atoms with Crippen molar-refractivity contribution in [2.75, 3.05) is 41.1 Å². The Labute approximate surface area is 498 Å². The number of rotatable bonds is 7. The lowest BCUT2D eigenvalue weighted by Gasteiger charge is -2.45. The van der Waals surface area contributed by atoms with Gasteiger partial charge in [-0.3, -0.25) is 0 Å². The molecule has 0 amide bonds. The van der Waals surface area contributed by atoms with Crippen LogP contribution in [0, 0.1) is 0 Å². The van der Waals surface area contributed by atoms with Gasteiger partial charge in [0.05, 0.1) is 0 Å². The Morgan fingerprint density at radius 3 is 1.31 bits per heavy atom. The second-order valence-corrected chi connectivity index (χ2v) is 26.3. The lowest BCUT2D eigenvalue weighted by molar-refractivity contribution is 0.172. The molecule has 15 rings (SSSR count). The summed E-state index contributed by atoms with van der Waals surface area (Å²) in [4.78, 5) is 7.29. The maximum atomic E-state index is 6.44. The molecule has 4 aliphatic heterocycles. The number of ether oxygens (including phenoxy) is 4. The van der Waals surface area contributed by atoms with Crippen LogP contribution in [0.3, 0.4) is 0 Å². The molecule has 85 heavy (non-hydrogen) atoms. The van der Waals surface area contributed by atoms with E-state index in [1.165, 1.54) is 22.2 Å². The second-order valence-electron chi connectivity index (χ2n) is 26.3. The van der Waals surface area contributed by atoms with Crippen molar-refractivity contribution in [3.05, 3.63) is 217 Å². The zero-order chi connectivity index (χ0) is 58.1. The molecule has 5 heterocycles. The zero-order valence-corrected chi connectivity index (χ0v) is 49.8. The van der Waals surface area contributed by atoms with E-state index >= 15 is 0 Å². The summed E-state index contributed by atoms with van der Waals surface area (Å²) in [6.45, 7) is 22.2. The first-order chi connectivity index (χ1) is 41.0. The van der Waals surface area contributed by atoms with Crippen molar-refractivity contribution in [2.45, 2.75) is 78.6 Å². The molecule has 0 radical (unpaired) electrons. The maximum Gasteiger partial charge on any atom is 0.252 e. The molecule has 0 saturated carbocycles. The zero-order valence-electron chi connectivity index (χ0n) is 49.8. The molecule has 0 saturated heterocycles. The highest BCUT2D eigenvalue weighted by Crippen LogP contribution is 2.51. The molecular weight excluding hydrogens is 1050 g/mol. The first-order valence-electron chi connectivity index (χ1n) is 29.9. The summed E-state index contributed by atoms with van der Waals surface area (Å²) in [6.07, 6.45) is 0. The molecule has 0 aliphatic carbocycles. The minimum atomic E-state index is -0.203. The summed E-state index contributed by atoms with van der Waals surface area (Å²) in [5.74, 6) is 3.86. The molecule has 4 aliphatic rings. The van der Waals surface area contributed by atoms with E-state index in [4.69, 9.17) is 23.4 Å². The van der Waals surface area contributed by atoms with E-state index in [9.17, 15) is 0 Å². The van der Waals surface area contributed by atoms with Crippen molar-refractivity contribution in [1.29, 1.82) is 0 Å². The summed E-state index contributed by atoms with van der Waals surface area (Å²) < 4.78 is 32.1. The number of para-hydroxylation sites is 1. The summed E-state index contributed by atoms with van der Waals surface area (Å²) in [5, 5.41) is 3.38. The number of fused-ring (bicyclic) bond motifs is 8. The van der Waals surface area contributed by atoms with E-state index in [1.807, 2.05) is 12.1 Å². The SMILES string of the molecule is CC(C)(C)c1ccc(N(c2ccc(-c3cc4c5c(c3)N(c3ccc(C(C)(C)C)cc3)c3cc6c(cc3B5c3cc5c(cc3N4c3ccc(C(C)(C)C)cc3)OCCO5)OCCO6)cc2)c2ccc3cc(-c4cc5ccccc5o4)ccc3c2)cc1. The number of anilines is 9. The summed E-state index contributed by atoms with van der Waals surface area (Å²) in [6, 6.07) is 73.9. The van der Waals surface area contributed by atoms with Gasteiger partial charge in [0.1, 0.15) is 37.8 Å². The smallest absolute Gasteiger partial charge is 0.252 e. The minimum absolute atomic E-state index is 0.00395. The van der Waals surface area contributed by atoms with Crippen LogP contribution in [-0.4, -0.2) is 33.1 Å². The van der Waals surface area contributed by atoms with Gasteiger partial charge in [0.2, 0.25) is 0 Å². The van der Waals surface area contributed by atoms with E-state index in [-0.39, 0.29) is 23.0 Å². The highest BCUT2D eigenvalue weighted by molar-refractivity contribution is 7.00. The van der Waals surface area contributed by atoms with E-state index in [0.29, 0.717) is 26.4 Å². The molecule has 8 nitrogen and oxygen atoms in total.